The van der Waals surface area contributed by atoms with Crippen molar-refractivity contribution >= 4 is 33.6 Å². The van der Waals surface area contributed by atoms with Crippen LogP contribution in [0.3, 0.4) is 0 Å². The Morgan fingerprint density at radius 1 is 1.12 bits per heavy atom. The first-order valence-corrected chi connectivity index (χ1v) is 12.1. The first-order chi connectivity index (χ1) is 15.8. The molecule has 0 spiro atoms. The second-order valence-electron chi connectivity index (χ2n) is 8.80. The van der Waals surface area contributed by atoms with Gasteiger partial charge in [0, 0.05) is 31.6 Å². The summed E-state index contributed by atoms with van der Waals surface area (Å²) in [5.41, 5.74) is 1.80. The number of carbonyl (C=O) groups excluding carboxylic acids is 2. The lowest BCUT2D eigenvalue weighted by Gasteiger charge is -2.22. The second kappa shape index (κ2) is 9.91. The lowest BCUT2D eigenvalue weighted by atomic mass is 10.2. The summed E-state index contributed by atoms with van der Waals surface area (Å²) in [5, 5.41) is 5.56. The normalized spacial score (nSPS) is 14.7. The van der Waals surface area contributed by atoms with Crippen LogP contribution in [0, 0.1) is 18.7 Å². The molecule has 1 aromatic carbocycles. The standard InChI is InChI=1S/C24H29FN4O3S/c1-16(2)15-32-24(31)28-10-4-9-27(11-12-28)22(30)21-13-20-17(3)26-29(23(20)33-21)14-18-5-7-19(25)8-6-18/h5-8,13,16H,4,9-12,14-15H2,1-3H3. The molecule has 9 heteroatoms. The van der Waals surface area contributed by atoms with E-state index < -0.39 is 0 Å². The molecular weight excluding hydrogens is 443 g/mol. The summed E-state index contributed by atoms with van der Waals surface area (Å²) in [6, 6.07) is 8.27. The number of carbonyl (C=O) groups is 2. The summed E-state index contributed by atoms with van der Waals surface area (Å²) >= 11 is 1.42. The highest BCUT2D eigenvalue weighted by atomic mass is 32.1. The molecule has 0 saturated carbocycles. The number of hydrogen-bond donors (Lipinski definition) is 0. The van der Waals surface area contributed by atoms with E-state index in [4.69, 9.17) is 4.74 Å². The molecule has 0 unspecified atom stereocenters. The molecule has 2 amide bonds. The number of halogens is 1. The van der Waals surface area contributed by atoms with Crippen LogP contribution in [-0.4, -0.2) is 64.4 Å². The van der Waals surface area contributed by atoms with E-state index in [-0.39, 0.29) is 23.7 Å². The fourth-order valence-electron chi connectivity index (χ4n) is 3.88. The Hall–Kier alpha value is -2.94. The number of hydrogen-bond acceptors (Lipinski definition) is 5. The third-order valence-corrected chi connectivity index (χ3v) is 6.78. The number of thiophene rings is 1. The van der Waals surface area contributed by atoms with Gasteiger partial charge in [-0.25, -0.2) is 9.18 Å². The van der Waals surface area contributed by atoms with Crippen molar-refractivity contribution in [3.05, 3.63) is 52.3 Å². The zero-order valence-corrected chi connectivity index (χ0v) is 20.0. The van der Waals surface area contributed by atoms with Gasteiger partial charge in [0.15, 0.2) is 0 Å². The molecule has 0 atom stereocenters. The van der Waals surface area contributed by atoms with E-state index in [1.807, 2.05) is 36.4 Å². The highest BCUT2D eigenvalue weighted by Crippen LogP contribution is 2.30. The molecule has 7 nitrogen and oxygen atoms in total. The SMILES string of the molecule is Cc1nn(Cc2ccc(F)cc2)c2sc(C(=O)N3CCCN(C(=O)OCC(C)C)CC3)cc12. The molecule has 1 saturated heterocycles. The van der Waals surface area contributed by atoms with Crippen molar-refractivity contribution in [2.24, 2.45) is 5.92 Å². The Morgan fingerprint density at radius 3 is 2.55 bits per heavy atom. The predicted octanol–water partition coefficient (Wildman–Crippen LogP) is 4.53. The summed E-state index contributed by atoms with van der Waals surface area (Å²) in [7, 11) is 0. The number of aromatic nitrogens is 2. The third-order valence-electron chi connectivity index (χ3n) is 5.65. The predicted molar refractivity (Wildman–Crippen MR) is 126 cm³/mol. The van der Waals surface area contributed by atoms with Gasteiger partial charge in [-0.1, -0.05) is 26.0 Å². The molecule has 1 aliphatic heterocycles. The smallest absolute Gasteiger partial charge is 0.409 e. The molecule has 0 radical (unpaired) electrons. The van der Waals surface area contributed by atoms with Gasteiger partial charge in [0.05, 0.1) is 23.7 Å². The van der Waals surface area contributed by atoms with E-state index in [0.717, 1.165) is 21.5 Å². The first kappa shape index (κ1) is 23.2. The Labute approximate surface area is 196 Å². The Bertz CT molecular complexity index is 1140. The zero-order chi connectivity index (χ0) is 23.5. The van der Waals surface area contributed by atoms with Crippen LogP contribution in [0.25, 0.3) is 10.2 Å². The molecule has 3 aromatic rings. The number of fused-ring (bicyclic) bond motifs is 1. The van der Waals surface area contributed by atoms with E-state index in [1.165, 1.54) is 23.5 Å². The molecule has 3 heterocycles. The largest absolute Gasteiger partial charge is 0.449 e. The Kier molecular flexibility index (Phi) is 6.97. The molecular formula is C24H29FN4O3S. The zero-order valence-electron chi connectivity index (χ0n) is 19.2. The van der Waals surface area contributed by atoms with Gasteiger partial charge in [0.2, 0.25) is 0 Å². The number of aryl methyl sites for hydroxylation is 1. The molecule has 2 aromatic heterocycles. The van der Waals surface area contributed by atoms with Crippen molar-refractivity contribution in [3.63, 3.8) is 0 Å². The molecule has 176 valence electrons. The van der Waals surface area contributed by atoms with Crippen LogP contribution in [0.4, 0.5) is 9.18 Å². The first-order valence-electron chi connectivity index (χ1n) is 11.2. The molecule has 4 rings (SSSR count). The molecule has 0 aliphatic carbocycles. The fourth-order valence-corrected chi connectivity index (χ4v) is 5.01. The van der Waals surface area contributed by atoms with Crippen molar-refractivity contribution < 1.29 is 18.7 Å². The van der Waals surface area contributed by atoms with Gasteiger partial charge >= 0.3 is 6.09 Å². The maximum atomic E-state index is 13.3. The van der Waals surface area contributed by atoms with Gasteiger partial charge in [0.25, 0.3) is 5.91 Å². The Morgan fingerprint density at radius 2 is 1.82 bits per heavy atom. The summed E-state index contributed by atoms with van der Waals surface area (Å²) in [4.78, 5) is 30.6. The van der Waals surface area contributed by atoms with Crippen molar-refractivity contribution in [2.75, 3.05) is 32.8 Å². The number of rotatable bonds is 5. The summed E-state index contributed by atoms with van der Waals surface area (Å²) in [6.45, 7) is 8.96. The number of amides is 2. The summed E-state index contributed by atoms with van der Waals surface area (Å²) in [5.74, 6) is -0.00974. The lowest BCUT2D eigenvalue weighted by Crippen LogP contribution is -2.37. The van der Waals surface area contributed by atoms with Crippen LogP contribution in [0.1, 0.15) is 41.2 Å². The number of benzene rings is 1. The van der Waals surface area contributed by atoms with E-state index in [9.17, 15) is 14.0 Å². The van der Waals surface area contributed by atoms with E-state index in [1.54, 1.807) is 17.0 Å². The van der Waals surface area contributed by atoms with Crippen LogP contribution in [0.5, 0.6) is 0 Å². The number of ether oxygens (including phenoxy) is 1. The van der Waals surface area contributed by atoms with E-state index in [0.29, 0.717) is 50.6 Å². The minimum absolute atomic E-state index is 0.0265. The van der Waals surface area contributed by atoms with Gasteiger partial charge < -0.3 is 14.5 Å². The summed E-state index contributed by atoms with van der Waals surface area (Å²) in [6.07, 6.45) is 0.404. The van der Waals surface area contributed by atoms with Gasteiger partial charge in [-0.05, 0) is 43.0 Å². The van der Waals surface area contributed by atoms with Crippen molar-refractivity contribution in [1.29, 1.82) is 0 Å². The van der Waals surface area contributed by atoms with Gasteiger partial charge in [-0.2, -0.15) is 5.10 Å². The van der Waals surface area contributed by atoms with Gasteiger partial charge in [-0.15, -0.1) is 11.3 Å². The van der Waals surface area contributed by atoms with Crippen LogP contribution in [-0.2, 0) is 11.3 Å². The maximum Gasteiger partial charge on any atom is 0.409 e. The van der Waals surface area contributed by atoms with Crippen LogP contribution >= 0.6 is 11.3 Å². The minimum atomic E-state index is -0.309. The van der Waals surface area contributed by atoms with Crippen LogP contribution in [0.2, 0.25) is 0 Å². The molecule has 1 aliphatic rings. The van der Waals surface area contributed by atoms with Gasteiger partial charge in [-0.3, -0.25) is 9.48 Å². The molecule has 0 bridgehead atoms. The van der Waals surface area contributed by atoms with Crippen LogP contribution < -0.4 is 0 Å². The quantitative estimate of drug-likeness (QED) is 0.547. The lowest BCUT2D eigenvalue weighted by molar-refractivity contribution is 0.0751. The second-order valence-corrected chi connectivity index (χ2v) is 9.83. The van der Waals surface area contributed by atoms with Crippen molar-refractivity contribution in [2.45, 2.75) is 33.7 Å². The van der Waals surface area contributed by atoms with Crippen molar-refractivity contribution in [3.8, 4) is 0 Å². The number of nitrogens with zero attached hydrogens (tertiary/aromatic N) is 4. The maximum absolute atomic E-state index is 13.3. The highest BCUT2D eigenvalue weighted by molar-refractivity contribution is 7.20. The average molecular weight is 473 g/mol. The van der Waals surface area contributed by atoms with E-state index in [2.05, 4.69) is 5.10 Å². The Balaban J connectivity index is 1.46. The third kappa shape index (κ3) is 5.35. The van der Waals surface area contributed by atoms with Gasteiger partial charge in [0.1, 0.15) is 10.6 Å². The van der Waals surface area contributed by atoms with Crippen molar-refractivity contribution in [1.82, 2.24) is 19.6 Å². The molecule has 0 N–H and O–H groups in total. The highest BCUT2D eigenvalue weighted by Gasteiger charge is 2.26. The molecule has 33 heavy (non-hydrogen) atoms. The van der Waals surface area contributed by atoms with E-state index >= 15 is 0 Å². The minimum Gasteiger partial charge on any atom is -0.449 e. The monoisotopic (exact) mass is 472 g/mol. The summed E-state index contributed by atoms with van der Waals surface area (Å²) < 4.78 is 20.4. The molecule has 1 fully saturated rings. The van der Waals surface area contributed by atoms with Crippen LogP contribution in [0.15, 0.2) is 30.3 Å². The average Bonchev–Trinajstić information content (AvgIpc) is 3.24. The topological polar surface area (TPSA) is 67.7 Å². The fraction of sp³-hybridized carbons (Fsp3) is 0.458.